The van der Waals surface area contributed by atoms with E-state index in [-0.39, 0.29) is 0 Å². The summed E-state index contributed by atoms with van der Waals surface area (Å²) in [6, 6.07) is 56.3. The van der Waals surface area contributed by atoms with Crippen LogP contribution in [0.1, 0.15) is 0 Å². The number of fused-ring (bicyclic) bond motifs is 11. The van der Waals surface area contributed by atoms with Gasteiger partial charge in [-0.15, -0.1) is 11.3 Å². The maximum atomic E-state index is 6.30. The Morgan fingerprint density at radius 1 is 0.435 bits per heavy atom. The van der Waals surface area contributed by atoms with Crippen molar-refractivity contribution in [3.05, 3.63) is 158 Å². The van der Waals surface area contributed by atoms with Gasteiger partial charge >= 0.3 is 0 Å². The molecule has 3 heterocycles. The molecule has 0 bridgehead atoms. The number of rotatable bonds is 4. The molecule has 0 saturated carbocycles. The third kappa shape index (κ3) is 3.65. The molecule has 0 aliphatic rings. The van der Waals surface area contributed by atoms with E-state index in [1.807, 2.05) is 17.4 Å². The molecule has 4 heteroatoms. The number of hydrogen-bond donors (Lipinski definition) is 0. The summed E-state index contributed by atoms with van der Waals surface area (Å²) in [7, 11) is 0. The fraction of sp³-hybridized carbons (Fsp3) is 0. The second-order valence-corrected chi connectivity index (χ2v) is 12.8. The lowest BCUT2D eigenvalue weighted by Crippen LogP contribution is -2.09. The molecule has 0 N–H and O–H groups in total. The Morgan fingerprint density at radius 3 is 1.78 bits per heavy atom. The van der Waals surface area contributed by atoms with Crippen molar-refractivity contribution in [2.45, 2.75) is 0 Å². The van der Waals surface area contributed by atoms with Crippen LogP contribution in [0.4, 0.5) is 17.1 Å². The van der Waals surface area contributed by atoms with Gasteiger partial charge in [-0.1, -0.05) is 78.9 Å². The fourth-order valence-corrected chi connectivity index (χ4v) is 8.60. The monoisotopic (exact) mass is 606 g/mol. The van der Waals surface area contributed by atoms with E-state index < -0.39 is 0 Å². The molecule has 0 fully saturated rings. The summed E-state index contributed by atoms with van der Waals surface area (Å²) < 4.78 is 11.3. The first-order valence-electron chi connectivity index (χ1n) is 15.5. The Balaban J connectivity index is 1.34. The second kappa shape index (κ2) is 9.83. The van der Waals surface area contributed by atoms with Crippen LogP contribution in [0.15, 0.2) is 162 Å². The second-order valence-electron chi connectivity index (χ2n) is 11.7. The van der Waals surface area contributed by atoms with Crippen molar-refractivity contribution in [3.63, 3.8) is 0 Å². The lowest BCUT2D eigenvalue weighted by atomic mass is 10.1. The normalized spacial score (nSPS) is 11.9. The first-order valence-corrected chi connectivity index (χ1v) is 16.3. The lowest BCUT2D eigenvalue weighted by Gasteiger charge is -2.25. The number of anilines is 3. The Hall–Kier alpha value is -5.84. The van der Waals surface area contributed by atoms with Gasteiger partial charge in [0.05, 0.1) is 11.0 Å². The molecule has 10 rings (SSSR count). The first-order chi connectivity index (χ1) is 22.8. The smallest absolute Gasteiger partial charge is 0.136 e. The molecule has 3 aromatic heterocycles. The summed E-state index contributed by atoms with van der Waals surface area (Å²) in [6.07, 6.45) is 0. The van der Waals surface area contributed by atoms with Crippen LogP contribution in [0.3, 0.4) is 0 Å². The molecular weight excluding hydrogens is 581 g/mol. The van der Waals surface area contributed by atoms with E-state index in [1.165, 1.54) is 52.8 Å². The van der Waals surface area contributed by atoms with E-state index >= 15 is 0 Å². The highest BCUT2D eigenvalue weighted by Gasteiger charge is 2.21. The summed E-state index contributed by atoms with van der Waals surface area (Å²) in [5.41, 5.74) is 8.79. The van der Waals surface area contributed by atoms with Gasteiger partial charge in [0, 0.05) is 64.5 Å². The topological polar surface area (TPSA) is 21.3 Å². The number of nitrogens with zero attached hydrogens (tertiary/aromatic N) is 2. The predicted molar refractivity (Wildman–Crippen MR) is 196 cm³/mol. The van der Waals surface area contributed by atoms with Gasteiger partial charge in [-0.05, 0) is 78.9 Å². The van der Waals surface area contributed by atoms with E-state index in [1.54, 1.807) is 0 Å². The average molecular weight is 607 g/mol. The maximum absolute atomic E-state index is 6.30. The van der Waals surface area contributed by atoms with Crippen molar-refractivity contribution < 1.29 is 4.42 Å². The minimum absolute atomic E-state index is 0.930. The van der Waals surface area contributed by atoms with E-state index in [4.69, 9.17) is 4.42 Å². The molecule has 0 unspecified atom stereocenters. The largest absolute Gasteiger partial charge is 0.456 e. The number of benzene rings is 7. The molecule has 7 aromatic carbocycles. The van der Waals surface area contributed by atoms with Crippen LogP contribution in [-0.2, 0) is 0 Å². The average Bonchev–Trinajstić information content (AvgIpc) is 3.79. The van der Waals surface area contributed by atoms with Crippen LogP contribution < -0.4 is 4.90 Å². The van der Waals surface area contributed by atoms with Gasteiger partial charge in [-0.3, -0.25) is 0 Å². The predicted octanol–water partition coefficient (Wildman–Crippen LogP) is 12.5. The van der Waals surface area contributed by atoms with Gasteiger partial charge in [-0.25, -0.2) is 0 Å². The van der Waals surface area contributed by atoms with Crippen LogP contribution in [-0.4, -0.2) is 4.57 Å². The third-order valence-electron chi connectivity index (χ3n) is 9.16. The third-order valence-corrected chi connectivity index (χ3v) is 10.4. The van der Waals surface area contributed by atoms with Gasteiger partial charge in [-0.2, -0.15) is 0 Å². The molecular formula is C42H26N2OS. The standard InChI is InChI=1S/C42H26N2OS/c1-4-12-27(13-5-1)43(28-14-6-2-7-15-28)30-20-23-35-34(26-30)39-36(44(35)29-16-8-3-9-17-29)24-21-31-32-22-25-38-40(42(32)46-41(31)39)33-18-10-11-19-37(33)45-38/h1-26H. The van der Waals surface area contributed by atoms with Crippen LogP contribution in [0.5, 0.6) is 0 Å². The highest BCUT2D eigenvalue weighted by molar-refractivity contribution is 7.27. The number of para-hydroxylation sites is 4. The number of aromatic nitrogens is 1. The molecule has 0 spiro atoms. The molecule has 0 atom stereocenters. The van der Waals surface area contributed by atoms with Gasteiger partial charge in [0.1, 0.15) is 11.2 Å². The Labute approximate surface area is 268 Å². The summed E-state index contributed by atoms with van der Waals surface area (Å²) in [5.74, 6) is 0. The zero-order valence-corrected chi connectivity index (χ0v) is 25.5. The van der Waals surface area contributed by atoms with E-state index in [0.717, 1.165) is 33.9 Å². The SMILES string of the molecule is c1ccc(N(c2ccccc2)c2ccc3c(c2)c2c4sc5c(ccc6oc7ccccc7c65)c4ccc2n3-c2ccccc2)cc1. The Bertz CT molecular complexity index is 2700. The molecule has 3 nitrogen and oxygen atoms in total. The highest BCUT2D eigenvalue weighted by Crippen LogP contribution is 2.48. The maximum Gasteiger partial charge on any atom is 0.136 e. The van der Waals surface area contributed by atoms with Gasteiger partial charge in [0.25, 0.3) is 0 Å². The van der Waals surface area contributed by atoms with Crippen molar-refractivity contribution in [2.24, 2.45) is 0 Å². The molecule has 10 aromatic rings. The molecule has 0 saturated heterocycles. The highest BCUT2D eigenvalue weighted by atomic mass is 32.1. The molecule has 0 aliphatic carbocycles. The number of hydrogen-bond acceptors (Lipinski definition) is 3. The van der Waals surface area contributed by atoms with Gasteiger partial charge in [0.2, 0.25) is 0 Å². The summed E-state index contributed by atoms with van der Waals surface area (Å²) in [4.78, 5) is 2.34. The van der Waals surface area contributed by atoms with Crippen molar-refractivity contribution in [1.82, 2.24) is 4.57 Å². The van der Waals surface area contributed by atoms with Crippen LogP contribution in [0, 0.1) is 0 Å². The summed E-state index contributed by atoms with van der Waals surface area (Å²) in [5, 5.41) is 7.43. The van der Waals surface area contributed by atoms with E-state index in [2.05, 4.69) is 161 Å². The van der Waals surface area contributed by atoms with Crippen molar-refractivity contribution in [3.8, 4) is 5.69 Å². The van der Waals surface area contributed by atoms with E-state index in [9.17, 15) is 0 Å². The molecule has 216 valence electrons. The van der Waals surface area contributed by atoms with Gasteiger partial charge < -0.3 is 13.9 Å². The number of furan rings is 1. The molecule has 0 aliphatic heterocycles. The zero-order valence-electron chi connectivity index (χ0n) is 24.7. The van der Waals surface area contributed by atoms with Crippen molar-refractivity contribution in [1.29, 1.82) is 0 Å². The lowest BCUT2D eigenvalue weighted by molar-refractivity contribution is 0.669. The fourth-order valence-electron chi connectivity index (χ4n) is 7.19. The van der Waals surface area contributed by atoms with E-state index in [0.29, 0.717) is 0 Å². The van der Waals surface area contributed by atoms with Crippen LogP contribution >= 0.6 is 11.3 Å². The Kier molecular flexibility index (Phi) is 5.45. The first kappa shape index (κ1) is 25.5. The quantitative estimate of drug-likeness (QED) is 0.199. The van der Waals surface area contributed by atoms with Crippen LogP contribution in [0.2, 0.25) is 0 Å². The van der Waals surface area contributed by atoms with Crippen LogP contribution in [0.25, 0.3) is 69.6 Å². The van der Waals surface area contributed by atoms with Gasteiger partial charge in [0.15, 0.2) is 0 Å². The minimum atomic E-state index is 0.930. The summed E-state index contributed by atoms with van der Waals surface area (Å²) in [6.45, 7) is 0. The van der Waals surface area contributed by atoms with Crippen molar-refractivity contribution >= 4 is 92.3 Å². The summed E-state index contributed by atoms with van der Waals surface area (Å²) >= 11 is 1.88. The zero-order chi connectivity index (χ0) is 30.2. The molecule has 0 amide bonds. The Morgan fingerprint density at radius 2 is 1.04 bits per heavy atom. The minimum Gasteiger partial charge on any atom is -0.456 e. The molecule has 46 heavy (non-hydrogen) atoms. The van der Waals surface area contributed by atoms with Crippen molar-refractivity contribution in [2.75, 3.05) is 4.90 Å². The molecule has 0 radical (unpaired) electrons. The number of thiophene rings is 1.